The van der Waals surface area contributed by atoms with E-state index in [2.05, 4.69) is 33.0 Å². The van der Waals surface area contributed by atoms with Crippen LogP contribution in [0.5, 0.6) is 0 Å². The third-order valence-electron chi connectivity index (χ3n) is 7.60. The molecule has 0 radical (unpaired) electrons. The van der Waals surface area contributed by atoms with Gasteiger partial charge in [0.25, 0.3) is 0 Å². The number of benzene rings is 2. The van der Waals surface area contributed by atoms with Crippen LogP contribution in [-0.2, 0) is 16.4 Å². The molecule has 0 amide bonds. The summed E-state index contributed by atoms with van der Waals surface area (Å²) in [6.45, 7) is 1.96. The van der Waals surface area contributed by atoms with Crippen LogP contribution in [0.4, 0.5) is 11.8 Å². The Morgan fingerprint density at radius 3 is 2.29 bits per heavy atom. The molecule has 2 heterocycles. The summed E-state index contributed by atoms with van der Waals surface area (Å²) in [5.74, 6) is 2.27. The molecule has 0 unspecified atom stereocenters. The minimum Gasteiger partial charge on any atom is -0.359 e. The molecule has 2 N–H and O–H groups in total. The van der Waals surface area contributed by atoms with Crippen LogP contribution in [0.3, 0.4) is 0 Å². The molecule has 216 valence electrons. The van der Waals surface area contributed by atoms with E-state index in [9.17, 15) is 8.42 Å². The second kappa shape index (κ2) is 13.3. The summed E-state index contributed by atoms with van der Waals surface area (Å²) in [6, 6.07) is 18.4. The molecule has 0 saturated heterocycles. The van der Waals surface area contributed by atoms with E-state index in [-0.39, 0.29) is 10.8 Å². The number of halogens is 2. The fourth-order valence-electron chi connectivity index (χ4n) is 5.23. The van der Waals surface area contributed by atoms with Gasteiger partial charge in [-0.05, 0) is 80.0 Å². The van der Waals surface area contributed by atoms with Crippen LogP contribution in [0.1, 0.15) is 31.4 Å². The van der Waals surface area contributed by atoms with E-state index in [4.69, 9.17) is 33.2 Å². The van der Waals surface area contributed by atoms with E-state index in [0.717, 1.165) is 67.6 Å². The molecule has 1 aliphatic carbocycles. The standard InChI is InChI=1S/C30H34Cl2N6O2S/c1-38(15-13-25-6-4-5-14-33-25)29-27-7-2-3-8-28(27)36-30(37-29)34-19-21-9-11-22(12-10-21)20-35-41(39,40)26-17-23(31)16-24(32)18-26/h2-8,14,16-18,21-22,35H,9-13,15,19-20H2,1H3,(H,34,36,37). The SMILES string of the molecule is CN(CCc1ccccn1)c1nc(NCC2CCC(CNS(=O)(=O)c3cc(Cl)cc(Cl)c3)CC2)nc2ccccc12. The fraction of sp³-hybridized carbons (Fsp3) is 0.367. The highest BCUT2D eigenvalue weighted by atomic mass is 35.5. The second-order valence-corrected chi connectivity index (χ2v) is 13.2. The number of fused-ring (bicyclic) bond motifs is 1. The molecular weight excluding hydrogens is 579 g/mol. The zero-order chi connectivity index (χ0) is 28.8. The molecule has 2 aromatic heterocycles. The quantitative estimate of drug-likeness (QED) is 0.208. The zero-order valence-corrected chi connectivity index (χ0v) is 25.3. The van der Waals surface area contributed by atoms with E-state index in [0.29, 0.717) is 28.5 Å². The third-order valence-corrected chi connectivity index (χ3v) is 9.44. The van der Waals surface area contributed by atoms with Gasteiger partial charge in [-0.25, -0.2) is 18.1 Å². The molecule has 41 heavy (non-hydrogen) atoms. The Balaban J connectivity index is 1.15. The van der Waals surface area contributed by atoms with Crippen LogP contribution in [-0.4, -0.2) is 50.1 Å². The number of pyridine rings is 1. The van der Waals surface area contributed by atoms with E-state index in [1.54, 1.807) is 0 Å². The van der Waals surface area contributed by atoms with E-state index in [1.165, 1.54) is 18.2 Å². The van der Waals surface area contributed by atoms with Crippen molar-refractivity contribution in [1.29, 1.82) is 0 Å². The third kappa shape index (κ3) is 7.86. The minimum absolute atomic E-state index is 0.0880. The van der Waals surface area contributed by atoms with Crippen molar-refractivity contribution >= 4 is 55.9 Å². The number of anilines is 2. The molecule has 11 heteroatoms. The second-order valence-electron chi connectivity index (χ2n) is 10.6. The lowest BCUT2D eigenvalue weighted by Crippen LogP contribution is -2.32. The summed E-state index contributed by atoms with van der Waals surface area (Å²) in [5.41, 5.74) is 1.95. The van der Waals surface area contributed by atoms with Crippen molar-refractivity contribution in [2.24, 2.45) is 11.8 Å². The summed E-state index contributed by atoms with van der Waals surface area (Å²) in [5, 5.41) is 5.09. The van der Waals surface area contributed by atoms with Gasteiger partial charge in [-0.1, -0.05) is 41.4 Å². The number of sulfonamides is 1. The number of hydrogen-bond donors (Lipinski definition) is 2. The first-order chi connectivity index (χ1) is 19.8. The van der Waals surface area contributed by atoms with E-state index >= 15 is 0 Å². The Kier molecular flexibility index (Phi) is 9.60. The maximum atomic E-state index is 12.7. The summed E-state index contributed by atoms with van der Waals surface area (Å²) in [4.78, 5) is 16.4. The van der Waals surface area contributed by atoms with Gasteiger partial charge in [0.15, 0.2) is 0 Å². The molecular formula is C30H34Cl2N6O2S. The van der Waals surface area contributed by atoms with Gasteiger partial charge in [0.2, 0.25) is 16.0 Å². The van der Waals surface area contributed by atoms with Gasteiger partial charge in [-0.15, -0.1) is 0 Å². The molecule has 2 aromatic carbocycles. The Morgan fingerprint density at radius 2 is 1.59 bits per heavy atom. The molecule has 0 aliphatic heterocycles. The molecule has 0 atom stereocenters. The Hall–Kier alpha value is -2.98. The summed E-state index contributed by atoms with van der Waals surface area (Å²) in [6.07, 6.45) is 6.56. The number of likely N-dealkylation sites (N-methyl/N-ethyl adjacent to an activating group) is 1. The topological polar surface area (TPSA) is 100 Å². The summed E-state index contributed by atoms with van der Waals surface area (Å²) >= 11 is 12.0. The Morgan fingerprint density at radius 1 is 0.902 bits per heavy atom. The summed E-state index contributed by atoms with van der Waals surface area (Å²) in [7, 11) is -1.62. The Bertz CT molecular complexity index is 1560. The number of aromatic nitrogens is 3. The lowest BCUT2D eigenvalue weighted by Gasteiger charge is -2.29. The van der Waals surface area contributed by atoms with E-state index in [1.807, 2.05) is 42.6 Å². The van der Waals surface area contributed by atoms with Crippen LogP contribution in [0.25, 0.3) is 10.9 Å². The van der Waals surface area contributed by atoms with Gasteiger partial charge in [0.05, 0.1) is 10.4 Å². The molecule has 0 spiro atoms. The zero-order valence-electron chi connectivity index (χ0n) is 22.9. The van der Waals surface area contributed by atoms with Crippen LogP contribution >= 0.6 is 23.2 Å². The van der Waals surface area contributed by atoms with Crippen LogP contribution < -0.4 is 14.9 Å². The number of para-hydroxylation sites is 1. The monoisotopic (exact) mass is 612 g/mol. The van der Waals surface area contributed by atoms with Crippen molar-refractivity contribution in [1.82, 2.24) is 19.7 Å². The number of nitrogens with zero attached hydrogens (tertiary/aromatic N) is 4. The number of nitrogens with one attached hydrogen (secondary N) is 2. The first-order valence-corrected chi connectivity index (χ1v) is 16.1. The highest BCUT2D eigenvalue weighted by molar-refractivity contribution is 7.89. The fourth-order valence-corrected chi connectivity index (χ4v) is 7.08. The van der Waals surface area contributed by atoms with E-state index < -0.39 is 10.0 Å². The van der Waals surface area contributed by atoms with Crippen molar-refractivity contribution in [2.45, 2.75) is 37.0 Å². The highest BCUT2D eigenvalue weighted by Gasteiger charge is 2.24. The predicted molar refractivity (Wildman–Crippen MR) is 166 cm³/mol. The average molecular weight is 614 g/mol. The van der Waals surface area contributed by atoms with Gasteiger partial charge in [0.1, 0.15) is 5.82 Å². The largest absolute Gasteiger partial charge is 0.359 e. The lowest BCUT2D eigenvalue weighted by molar-refractivity contribution is 0.284. The number of rotatable bonds is 11. The van der Waals surface area contributed by atoms with Crippen molar-refractivity contribution in [3.8, 4) is 0 Å². The van der Waals surface area contributed by atoms with Gasteiger partial charge in [-0.2, -0.15) is 4.98 Å². The van der Waals surface area contributed by atoms with Gasteiger partial charge >= 0.3 is 0 Å². The first-order valence-electron chi connectivity index (χ1n) is 13.8. The van der Waals surface area contributed by atoms with Crippen molar-refractivity contribution < 1.29 is 8.42 Å². The van der Waals surface area contributed by atoms with Crippen LogP contribution in [0, 0.1) is 11.8 Å². The molecule has 4 aromatic rings. The molecule has 1 fully saturated rings. The summed E-state index contributed by atoms with van der Waals surface area (Å²) < 4.78 is 28.2. The Labute approximate surface area is 251 Å². The maximum absolute atomic E-state index is 12.7. The molecule has 1 aliphatic rings. The van der Waals surface area contributed by atoms with Gasteiger partial charge in [-0.3, -0.25) is 4.98 Å². The highest BCUT2D eigenvalue weighted by Crippen LogP contribution is 2.30. The lowest BCUT2D eigenvalue weighted by atomic mass is 9.82. The normalized spacial score (nSPS) is 17.4. The average Bonchev–Trinajstić information content (AvgIpc) is 2.98. The van der Waals surface area contributed by atoms with Gasteiger partial charge < -0.3 is 10.2 Å². The number of hydrogen-bond acceptors (Lipinski definition) is 7. The first kappa shape index (κ1) is 29.5. The van der Waals surface area contributed by atoms with Crippen molar-refractivity contribution in [3.05, 3.63) is 82.6 Å². The van der Waals surface area contributed by atoms with Crippen LogP contribution in [0.15, 0.2) is 71.8 Å². The molecule has 1 saturated carbocycles. The predicted octanol–water partition coefficient (Wildman–Crippen LogP) is 6.21. The smallest absolute Gasteiger partial charge is 0.240 e. The minimum atomic E-state index is -3.67. The maximum Gasteiger partial charge on any atom is 0.240 e. The molecule has 0 bridgehead atoms. The van der Waals surface area contributed by atoms with Crippen molar-refractivity contribution in [3.63, 3.8) is 0 Å². The van der Waals surface area contributed by atoms with Crippen molar-refractivity contribution in [2.75, 3.05) is 36.9 Å². The van der Waals surface area contributed by atoms with Gasteiger partial charge in [0, 0.05) is 60.4 Å². The molecule has 8 nitrogen and oxygen atoms in total. The van der Waals surface area contributed by atoms with Crippen LogP contribution in [0.2, 0.25) is 10.0 Å². The molecule has 5 rings (SSSR count).